The quantitative estimate of drug-likeness (QED) is 0.221. The van der Waals surface area contributed by atoms with Crippen LogP contribution in [0.2, 0.25) is 0 Å². The van der Waals surface area contributed by atoms with Crippen LogP contribution in [-0.2, 0) is 24.7 Å². The summed E-state index contributed by atoms with van der Waals surface area (Å²) in [6.07, 6.45) is 2.31. The van der Waals surface area contributed by atoms with Crippen molar-refractivity contribution in [1.82, 2.24) is 0 Å². The molecule has 0 nitrogen and oxygen atoms in total. The first-order chi connectivity index (χ1) is 14.3. The summed E-state index contributed by atoms with van der Waals surface area (Å²) in [7, 11) is 0. The third-order valence-electron chi connectivity index (χ3n) is 4.84. The molecular formula is C28H21Zr. The molecule has 1 heteroatoms. The first-order valence-electron chi connectivity index (χ1n) is 9.72. The van der Waals surface area contributed by atoms with Gasteiger partial charge in [0.15, 0.2) is 0 Å². The summed E-state index contributed by atoms with van der Waals surface area (Å²) in [6, 6.07) is 42.7. The predicted molar refractivity (Wildman–Crippen MR) is 120 cm³/mol. The van der Waals surface area contributed by atoms with E-state index in [-0.39, 0.29) is 0 Å². The van der Waals surface area contributed by atoms with Crippen LogP contribution < -0.4 is 0 Å². The maximum absolute atomic E-state index is 2.31. The second kappa shape index (κ2) is 9.63. The molecular weight excluding hydrogens is 428 g/mol. The molecule has 4 aromatic rings. The normalized spacial score (nSPS) is 12.3. The minimum atomic E-state index is 1.21. The average molecular weight is 449 g/mol. The van der Waals surface area contributed by atoms with Crippen LogP contribution >= 0.6 is 0 Å². The van der Waals surface area contributed by atoms with E-state index in [1.807, 2.05) is 0 Å². The molecule has 0 aromatic heterocycles. The topological polar surface area (TPSA) is 0 Å². The summed E-state index contributed by atoms with van der Waals surface area (Å²) < 4.78 is 1.36. The van der Waals surface area contributed by atoms with Gasteiger partial charge in [0.05, 0.1) is 0 Å². The SMILES string of the molecule is [Zr][C](=C(C(=Cc1ccccc1)c1ccccc1)c1ccccc1)c1ccccc1. The first kappa shape index (κ1) is 19.6. The van der Waals surface area contributed by atoms with Crippen LogP contribution in [0.25, 0.3) is 20.5 Å². The molecule has 0 saturated heterocycles. The van der Waals surface area contributed by atoms with Crippen LogP contribution in [0.5, 0.6) is 0 Å². The second-order valence-electron chi connectivity index (χ2n) is 6.82. The zero-order chi connectivity index (χ0) is 19.9. The maximum atomic E-state index is 2.31. The van der Waals surface area contributed by atoms with E-state index in [4.69, 9.17) is 0 Å². The van der Waals surface area contributed by atoms with Crippen LogP contribution in [0.1, 0.15) is 22.3 Å². The van der Waals surface area contributed by atoms with Crippen molar-refractivity contribution in [2.45, 2.75) is 0 Å². The predicted octanol–water partition coefficient (Wildman–Crippen LogP) is 7.34. The van der Waals surface area contributed by atoms with Crippen LogP contribution in [0, 0.1) is 0 Å². The molecule has 0 spiro atoms. The monoisotopic (exact) mass is 447 g/mol. The van der Waals surface area contributed by atoms with E-state index >= 15 is 0 Å². The van der Waals surface area contributed by atoms with Crippen LogP contribution in [0.3, 0.4) is 0 Å². The Hall–Kier alpha value is -2.76. The Morgan fingerprint density at radius 1 is 0.483 bits per heavy atom. The van der Waals surface area contributed by atoms with Crippen molar-refractivity contribution in [3.05, 3.63) is 144 Å². The van der Waals surface area contributed by atoms with Gasteiger partial charge in [-0.1, -0.05) is 0 Å². The number of rotatable bonds is 5. The Morgan fingerprint density at radius 2 is 0.897 bits per heavy atom. The molecule has 0 radical (unpaired) electrons. The Bertz CT molecular complexity index is 1110. The fourth-order valence-electron chi connectivity index (χ4n) is 3.42. The van der Waals surface area contributed by atoms with Crippen molar-refractivity contribution >= 4 is 20.5 Å². The van der Waals surface area contributed by atoms with Crippen molar-refractivity contribution < 1.29 is 24.7 Å². The van der Waals surface area contributed by atoms with Crippen LogP contribution in [0.4, 0.5) is 0 Å². The molecule has 0 heterocycles. The Kier molecular flexibility index (Phi) is 6.50. The summed E-state index contributed by atoms with van der Waals surface area (Å²) in [5, 5.41) is 0. The standard InChI is InChI=1S/C28H21.Zr/c1-5-13-23(14-6-1)21-27(25-17-9-3-10-18-25)28(26-19-11-4-12-20-26)22-24-15-7-2-8-16-24;/h1-21H;. The molecule has 0 aliphatic rings. The summed E-state index contributed by atoms with van der Waals surface area (Å²) in [4.78, 5) is 0. The fourth-order valence-corrected chi connectivity index (χ4v) is 4.52. The first-order valence-corrected chi connectivity index (χ1v) is 10.9. The molecule has 0 amide bonds. The molecule has 29 heavy (non-hydrogen) atoms. The number of allylic oxidation sites excluding steroid dienone is 2. The van der Waals surface area contributed by atoms with Gasteiger partial charge in [0.2, 0.25) is 0 Å². The number of benzene rings is 4. The van der Waals surface area contributed by atoms with Crippen LogP contribution in [-0.4, -0.2) is 0 Å². The van der Waals surface area contributed by atoms with Gasteiger partial charge < -0.3 is 0 Å². The third kappa shape index (κ3) is 4.81. The van der Waals surface area contributed by atoms with Crippen molar-refractivity contribution in [3.8, 4) is 0 Å². The zero-order valence-corrected chi connectivity index (χ0v) is 18.6. The molecule has 0 bridgehead atoms. The van der Waals surface area contributed by atoms with Crippen LogP contribution in [0.15, 0.2) is 121 Å². The molecule has 4 rings (SSSR count). The third-order valence-corrected chi connectivity index (χ3v) is 6.16. The Labute approximate surface area is 188 Å². The van der Waals surface area contributed by atoms with Gasteiger partial charge in [-0.2, -0.15) is 0 Å². The van der Waals surface area contributed by atoms with Crippen molar-refractivity contribution in [2.24, 2.45) is 0 Å². The second-order valence-corrected chi connectivity index (χ2v) is 8.05. The average Bonchev–Trinajstić information content (AvgIpc) is 2.81. The molecule has 0 aliphatic heterocycles. The summed E-state index contributed by atoms with van der Waals surface area (Å²) in [6.45, 7) is 0. The van der Waals surface area contributed by atoms with Crippen molar-refractivity contribution in [3.63, 3.8) is 0 Å². The van der Waals surface area contributed by atoms with E-state index in [0.717, 1.165) is 0 Å². The van der Waals surface area contributed by atoms with E-state index in [9.17, 15) is 0 Å². The van der Waals surface area contributed by atoms with Gasteiger partial charge in [-0.25, -0.2) is 0 Å². The summed E-state index contributed by atoms with van der Waals surface area (Å²) >= 11 is 1.40. The molecule has 0 atom stereocenters. The molecule has 0 N–H and O–H groups in total. The van der Waals surface area contributed by atoms with Gasteiger partial charge >= 0.3 is 189 Å². The molecule has 0 fully saturated rings. The molecule has 0 saturated carbocycles. The Balaban J connectivity index is 2.01. The van der Waals surface area contributed by atoms with E-state index < -0.39 is 0 Å². The summed E-state index contributed by atoms with van der Waals surface area (Å²) in [5.41, 5.74) is 7.50. The van der Waals surface area contributed by atoms with E-state index in [2.05, 4.69) is 127 Å². The van der Waals surface area contributed by atoms with E-state index in [1.54, 1.807) is 0 Å². The van der Waals surface area contributed by atoms with Crippen molar-refractivity contribution in [1.29, 1.82) is 0 Å². The van der Waals surface area contributed by atoms with Gasteiger partial charge in [-0.3, -0.25) is 0 Å². The molecule has 0 unspecified atom stereocenters. The molecule has 137 valence electrons. The van der Waals surface area contributed by atoms with E-state index in [1.165, 1.54) is 61.4 Å². The zero-order valence-electron chi connectivity index (χ0n) is 16.1. The molecule has 0 aliphatic carbocycles. The molecule has 4 aromatic carbocycles. The van der Waals surface area contributed by atoms with Gasteiger partial charge in [0.25, 0.3) is 0 Å². The van der Waals surface area contributed by atoms with Crippen molar-refractivity contribution in [2.75, 3.05) is 0 Å². The van der Waals surface area contributed by atoms with Gasteiger partial charge in [0, 0.05) is 0 Å². The van der Waals surface area contributed by atoms with Gasteiger partial charge in [-0.15, -0.1) is 0 Å². The number of hydrogen-bond acceptors (Lipinski definition) is 0. The van der Waals surface area contributed by atoms with Gasteiger partial charge in [0.1, 0.15) is 0 Å². The van der Waals surface area contributed by atoms with E-state index in [0.29, 0.717) is 0 Å². The minimum absolute atomic E-state index is 1.21. The number of hydrogen-bond donors (Lipinski definition) is 0. The Morgan fingerprint density at radius 3 is 1.41 bits per heavy atom. The van der Waals surface area contributed by atoms with Gasteiger partial charge in [-0.05, 0) is 0 Å². The fraction of sp³-hybridized carbons (Fsp3) is 0. The summed E-state index contributed by atoms with van der Waals surface area (Å²) in [5.74, 6) is 0.